The molecule has 0 aliphatic carbocycles. The zero-order chi connectivity index (χ0) is 15.0. The topological polar surface area (TPSA) is 108 Å². The van der Waals surface area contributed by atoms with Gasteiger partial charge in [0.15, 0.2) is 18.4 Å². The van der Waals surface area contributed by atoms with Gasteiger partial charge in [0, 0.05) is 24.2 Å². The van der Waals surface area contributed by atoms with Gasteiger partial charge in [0.25, 0.3) is 0 Å². The minimum atomic E-state index is -0.628. The molecule has 7 nitrogen and oxygen atoms in total. The smallest absolute Gasteiger partial charge is 0.250 e. The Hall–Kier alpha value is -2.90. The van der Waals surface area contributed by atoms with Crippen LogP contribution in [0.4, 0.5) is 10.3 Å². The van der Waals surface area contributed by atoms with Crippen molar-refractivity contribution in [1.82, 2.24) is 15.0 Å². The first kappa shape index (κ1) is 18.1. The molecule has 0 radical (unpaired) electrons. The summed E-state index contributed by atoms with van der Waals surface area (Å²) in [4.78, 5) is 30.8. The van der Waals surface area contributed by atoms with Gasteiger partial charge in [0.2, 0.25) is 11.8 Å². The number of methoxy groups -OCH3 is 1. The van der Waals surface area contributed by atoms with Crippen LogP contribution in [0, 0.1) is 5.82 Å². The van der Waals surface area contributed by atoms with E-state index in [2.05, 4.69) is 19.7 Å². The van der Waals surface area contributed by atoms with Gasteiger partial charge in [-0.15, -0.1) is 0 Å². The predicted octanol–water partition coefficient (Wildman–Crippen LogP) is 1.55. The van der Waals surface area contributed by atoms with E-state index >= 15 is 0 Å². The highest BCUT2D eigenvalue weighted by Crippen LogP contribution is 2.12. The van der Waals surface area contributed by atoms with Crippen molar-refractivity contribution in [2.75, 3.05) is 12.8 Å². The quantitative estimate of drug-likeness (QED) is 0.855. The summed E-state index contributed by atoms with van der Waals surface area (Å²) >= 11 is 0. The summed E-state index contributed by atoms with van der Waals surface area (Å²) in [6.45, 7) is 0. The first-order chi connectivity index (χ1) is 9.60. The molecule has 0 spiro atoms. The molecule has 0 atom stereocenters. The molecule has 8 heteroatoms. The van der Waals surface area contributed by atoms with Crippen molar-refractivity contribution in [3.05, 3.63) is 41.6 Å². The first-order valence-corrected chi connectivity index (χ1v) is 5.28. The molecular formula is C13H15FN4O3. The monoisotopic (exact) mass is 294 g/mol. The molecule has 0 saturated carbocycles. The number of nitrogens with zero attached hydrogens (tertiary/aromatic N) is 3. The Balaban J connectivity index is 0.000000370. The second kappa shape index (κ2) is 9.08. The number of aldehydes is 2. The van der Waals surface area contributed by atoms with E-state index in [0.717, 1.165) is 6.07 Å². The molecule has 2 heterocycles. The maximum atomic E-state index is 12.7. The zero-order valence-electron chi connectivity index (χ0n) is 10.5. The molecule has 0 aliphatic heterocycles. The van der Waals surface area contributed by atoms with Crippen LogP contribution in [-0.2, 0) is 0 Å². The SMILES string of the molecule is C.COc1ncc(C=O)cc1F.Nc1ncc(C=O)cn1. The van der Waals surface area contributed by atoms with Gasteiger partial charge in [-0.25, -0.2) is 19.3 Å². The maximum absolute atomic E-state index is 12.7. The van der Waals surface area contributed by atoms with Gasteiger partial charge in [-0.3, -0.25) is 9.59 Å². The predicted molar refractivity (Wildman–Crippen MR) is 74.7 cm³/mol. The minimum absolute atomic E-state index is 0. The van der Waals surface area contributed by atoms with Crippen molar-refractivity contribution < 1.29 is 18.7 Å². The van der Waals surface area contributed by atoms with Crippen LogP contribution in [0.2, 0.25) is 0 Å². The van der Waals surface area contributed by atoms with Crippen LogP contribution in [0.5, 0.6) is 5.88 Å². The van der Waals surface area contributed by atoms with Gasteiger partial charge in [-0.2, -0.15) is 0 Å². The van der Waals surface area contributed by atoms with Gasteiger partial charge in [-0.1, -0.05) is 7.43 Å². The van der Waals surface area contributed by atoms with Gasteiger partial charge in [-0.05, 0) is 6.07 Å². The van der Waals surface area contributed by atoms with E-state index in [4.69, 9.17) is 5.73 Å². The molecular weight excluding hydrogens is 279 g/mol. The molecule has 2 N–H and O–H groups in total. The van der Waals surface area contributed by atoms with Gasteiger partial charge >= 0.3 is 0 Å². The second-order valence-electron chi connectivity index (χ2n) is 3.37. The molecule has 0 unspecified atom stereocenters. The molecule has 2 aromatic heterocycles. The van der Waals surface area contributed by atoms with Crippen LogP contribution in [-0.4, -0.2) is 34.6 Å². The van der Waals surface area contributed by atoms with Crippen LogP contribution < -0.4 is 10.5 Å². The average molecular weight is 294 g/mol. The number of hydrogen-bond donors (Lipinski definition) is 1. The van der Waals surface area contributed by atoms with Crippen LogP contribution in [0.3, 0.4) is 0 Å². The minimum Gasteiger partial charge on any atom is -0.479 e. The summed E-state index contributed by atoms with van der Waals surface area (Å²) < 4.78 is 17.2. The Morgan fingerprint density at radius 2 is 1.62 bits per heavy atom. The van der Waals surface area contributed by atoms with E-state index in [-0.39, 0.29) is 24.8 Å². The number of halogens is 1. The first-order valence-electron chi connectivity index (χ1n) is 5.28. The number of nitrogens with two attached hydrogens (primary N) is 1. The Bertz CT molecular complexity index is 590. The number of carbonyl (C=O) groups excluding carboxylic acids is 2. The lowest BCUT2D eigenvalue weighted by atomic mass is 10.3. The van der Waals surface area contributed by atoms with Gasteiger partial charge in [0.05, 0.1) is 12.7 Å². The zero-order valence-corrected chi connectivity index (χ0v) is 10.5. The van der Waals surface area contributed by atoms with Crippen LogP contribution in [0.15, 0.2) is 24.7 Å². The number of pyridine rings is 1. The molecule has 112 valence electrons. The molecule has 21 heavy (non-hydrogen) atoms. The number of carbonyl (C=O) groups is 2. The van der Waals surface area contributed by atoms with E-state index in [9.17, 15) is 14.0 Å². The molecule has 0 amide bonds. The fourth-order valence-corrected chi connectivity index (χ4v) is 1.06. The summed E-state index contributed by atoms with van der Waals surface area (Å²) in [5.41, 5.74) is 5.78. The van der Waals surface area contributed by atoms with Crippen LogP contribution in [0.25, 0.3) is 0 Å². The normalized spacial score (nSPS) is 8.67. The lowest BCUT2D eigenvalue weighted by Gasteiger charge is -1.98. The van der Waals surface area contributed by atoms with Crippen molar-refractivity contribution >= 4 is 18.5 Å². The van der Waals surface area contributed by atoms with Crippen molar-refractivity contribution in [1.29, 1.82) is 0 Å². The molecule has 0 aromatic carbocycles. The highest BCUT2D eigenvalue weighted by atomic mass is 19.1. The van der Waals surface area contributed by atoms with Crippen LogP contribution >= 0.6 is 0 Å². The van der Waals surface area contributed by atoms with E-state index in [0.29, 0.717) is 18.1 Å². The fourth-order valence-electron chi connectivity index (χ4n) is 1.06. The number of nitrogen functional groups attached to an aromatic ring is 1. The fraction of sp³-hybridized carbons (Fsp3) is 0.154. The standard InChI is InChI=1S/C7H6FNO2.C5H5N3O.CH4/c1-11-7-6(8)2-5(4-10)3-9-7;6-5-7-1-4(3-9)2-8-5;/h2-4H,1H3;1-3H,(H2,6,7,8);1H4. The third-order valence-electron chi connectivity index (χ3n) is 1.99. The van der Waals surface area contributed by atoms with Crippen LogP contribution in [0.1, 0.15) is 28.1 Å². The van der Waals surface area contributed by atoms with Crippen molar-refractivity contribution in [2.45, 2.75) is 7.43 Å². The summed E-state index contributed by atoms with van der Waals surface area (Å²) in [6.07, 6.45) is 5.18. The lowest BCUT2D eigenvalue weighted by molar-refractivity contribution is 0.111. The molecule has 0 fully saturated rings. The van der Waals surface area contributed by atoms with Crippen molar-refractivity contribution in [2.24, 2.45) is 0 Å². The number of rotatable bonds is 3. The summed E-state index contributed by atoms with van der Waals surface area (Å²) in [6, 6.07) is 1.07. The third kappa shape index (κ3) is 5.72. The summed E-state index contributed by atoms with van der Waals surface area (Å²) in [5.74, 6) is -0.548. The van der Waals surface area contributed by atoms with Crippen molar-refractivity contribution in [3.8, 4) is 5.88 Å². The lowest BCUT2D eigenvalue weighted by Crippen LogP contribution is -1.94. The van der Waals surface area contributed by atoms with E-state index in [1.807, 2.05) is 0 Å². The average Bonchev–Trinajstić information content (AvgIpc) is 2.48. The number of anilines is 1. The Kier molecular flexibility index (Phi) is 7.82. The number of hydrogen-bond acceptors (Lipinski definition) is 7. The molecule has 0 bridgehead atoms. The number of aromatic nitrogens is 3. The Morgan fingerprint density at radius 3 is 2.05 bits per heavy atom. The maximum Gasteiger partial charge on any atom is 0.250 e. The molecule has 0 saturated heterocycles. The second-order valence-corrected chi connectivity index (χ2v) is 3.37. The molecule has 0 aliphatic rings. The van der Waals surface area contributed by atoms with E-state index in [1.54, 1.807) is 0 Å². The Morgan fingerprint density at radius 1 is 1.10 bits per heavy atom. The highest BCUT2D eigenvalue weighted by Gasteiger charge is 2.03. The van der Waals surface area contributed by atoms with E-state index < -0.39 is 5.82 Å². The largest absolute Gasteiger partial charge is 0.479 e. The summed E-state index contributed by atoms with van der Waals surface area (Å²) in [7, 11) is 1.31. The molecule has 2 aromatic rings. The molecule has 2 rings (SSSR count). The Labute approximate surface area is 121 Å². The summed E-state index contributed by atoms with van der Waals surface area (Å²) in [5, 5.41) is 0. The highest BCUT2D eigenvalue weighted by molar-refractivity contribution is 5.74. The van der Waals surface area contributed by atoms with Crippen molar-refractivity contribution in [3.63, 3.8) is 0 Å². The third-order valence-corrected chi connectivity index (χ3v) is 1.99. The van der Waals surface area contributed by atoms with Gasteiger partial charge < -0.3 is 10.5 Å². The number of ether oxygens (including phenoxy) is 1. The van der Waals surface area contributed by atoms with E-state index in [1.165, 1.54) is 25.7 Å². The van der Waals surface area contributed by atoms with Gasteiger partial charge in [0.1, 0.15) is 0 Å².